The second-order valence-corrected chi connectivity index (χ2v) is 6.46. The monoisotopic (exact) mass is 410 g/mol. The van der Waals surface area contributed by atoms with E-state index >= 15 is 0 Å². The number of aromatic nitrogens is 2. The van der Waals surface area contributed by atoms with Gasteiger partial charge in [-0.25, -0.2) is 9.59 Å². The molecule has 0 bridgehead atoms. The van der Waals surface area contributed by atoms with Gasteiger partial charge < -0.3 is 15.0 Å². The number of aryl methyl sites for hydroxylation is 1. The quantitative estimate of drug-likeness (QED) is 0.364. The lowest BCUT2D eigenvalue weighted by Crippen LogP contribution is -2.30. The summed E-state index contributed by atoms with van der Waals surface area (Å²) < 4.78 is 6.63. The number of anilines is 1. The van der Waals surface area contributed by atoms with Crippen molar-refractivity contribution in [3.63, 3.8) is 0 Å². The summed E-state index contributed by atoms with van der Waals surface area (Å²) in [7, 11) is 0. The van der Waals surface area contributed by atoms with Crippen molar-refractivity contribution in [1.29, 1.82) is 0 Å². The number of nitro benzene ring substituents is 1. The topological polar surface area (TPSA) is 136 Å². The second kappa shape index (κ2) is 8.43. The fraction of sp³-hybridized carbons (Fsp3) is 0.150. The molecule has 3 rings (SSSR count). The molecule has 1 amide bonds. The van der Waals surface area contributed by atoms with Gasteiger partial charge in [-0.3, -0.25) is 19.5 Å². The largest absolute Gasteiger partial charge is 0.449 e. The number of H-pyrrole nitrogens is 1. The van der Waals surface area contributed by atoms with Crippen molar-refractivity contribution < 1.29 is 19.2 Å². The van der Waals surface area contributed by atoms with Crippen molar-refractivity contribution in [1.82, 2.24) is 9.55 Å². The van der Waals surface area contributed by atoms with E-state index in [1.54, 1.807) is 25.3 Å². The van der Waals surface area contributed by atoms with E-state index in [1.165, 1.54) is 47.9 Å². The Balaban J connectivity index is 1.62. The van der Waals surface area contributed by atoms with E-state index in [4.69, 9.17) is 4.74 Å². The lowest BCUT2D eigenvalue weighted by molar-refractivity contribution is -0.384. The Bertz CT molecular complexity index is 1150. The SMILES string of the molecule is Cc1c[nH]c(=O)n1-c1ccc(C(=O)OC(C)C(=O)Nc2ccc([N+](=O)[O-])cc2)cc1. The minimum Gasteiger partial charge on any atom is -0.449 e. The summed E-state index contributed by atoms with van der Waals surface area (Å²) in [4.78, 5) is 49.0. The summed E-state index contributed by atoms with van der Waals surface area (Å²) in [5.41, 5.74) is 1.46. The first kappa shape index (κ1) is 20.5. The third-order valence-electron chi connectivity index (χ3n) is 4.32. The van der Waals surface area contributed by atoms with Crippen LogP contribution >= 0.6 is 0 Å². The lowest BCUT2D eigenvalue weighted by atomic mass is 10.2. The molecule has 2 aromatic carbocycles. The van der Waals surface area contributed by atoms with Crippen LogP contribution < -0.4 is 11.0 Å². The first-order valence-electron chi connectivity index (χ1n) is 8.90. The number of aromatic amines is 1. The number of amides is 1. The molecule has 10 heteroatoms. The molecular weight excluding hydrogens is 392 g/mol. The number of benzene rings is 2. The number of carbonyl (C=O) groups excluding carboxylic acids is 2. The minimum absolute atomic E-state index is 0.104. The number of hydrogen-bond donors (Lipinski definition) is 2. The minimum atomic E-state index is -1.10. The molecule has 1 heterocycles. The number of nitrogens with zero attached hydrogens (tertiary/aromatic N) is 2. The van der Waals surface area contributed by atoms with Crippen molar-refractivity contribution in [3.05, 3.63) is 86.6 Å². The molecular formula is C20H18N4O6. The molecule has 1 aromatic heterocycles. The maximum absolute atomic E-state index is 12.3. The van der Waals surface area contributed by atoms with E-state index in [-0.39, 0.29) is 16.9 Å². The molecule has 0 aliphatic carbocycles. The summed E-state index contributed by atoms with van der Waals surface area (Å²) in [6.07, 6.45) is 0.484. The highest BCUT2D eigenvalue weighted by Crippen LogP contribution is 2.16. The highest BCUT2D eigenvalue weighted by Gasteiger charge is 2.19. The zero-order valence-electron chi connectivity index (χ0n) is 16.1. The number of non-ortho nitro benzene ring substituents is 1. The van der Waals surface area contributed by atoms with E-state index in [9.17, 15) is 24.5 Å². The molecule has 2 N–H and O–H groups in total. The number of imidazole rings is 1. The van der Waals surface area contributed by atoms with Crippen molar-refractivity contribution in [2.75, 3.05) is 5.32 Å². The summed E-state index contributed by atoms with van der Waals surface area (Å²) in [6.45, 7) is 3.18. The lowest BCUT2D eigenvalue weighted by Gasteiger charge is -2.14. The molecule has 1 unspecified atom stereocenters. The molecule has 0 aliphatic rings. The van der Waals surface area contributed by atoms with Gasteiger partial charge in [0.15, 0.2) is 6.10 Å². The number of nitro groups is 1. The smallest absolute Gasteiger partial charge is 0.338 e. The van der Waals surface area contributed by atoms with Gasteiger partial charge in [0.2, 0.25) is 0 Å². The maximum Gasteiger partial charge on any atom is 0.338 e. The Kier molecular flexibility index (Phi) is 5.77. The van der Waals surface area contributed by atoms with Crippen LogP contribution in [0.4, 0.5) is 11.4 Å². The third kappa shape index (κ3) is 4.43. The zero-order chi connectivity index (χ0) is 21.8. The van der Waals surface area contributed by atoms with Crippen LogP contribution in [0.25, 0.3) is 5.69 Å². The molecule has 154 valence electrons. The van der Waals surface area contributed by atoms with Crippen molar-refractivity contribution in [2.24, 2.45) is 0 Å². The van der Waals surface area contributed by atoms with Crippen LogP contribution in [0, 0.1) is 17.0 Å². The normalized spacial score (nSPS) is 11.5. The van der Waals surface area contributed by atoms with Crippen LogP contribution in [0.2, 0.25) is 0 Å². The van der Waals surface area contributed by atoms with Crippen molar-refractivity contribution in [2.45, 2.75) is 20.0 Å². The Morgan fingerprint density at radius 2 is 1.77 bits per heavy atom. The Morgan fingerprint density at radius 3 is 2.30 bits per heavy atom. The van der Waals surface area contributed by atoms with Gasteiger partial charge in [0.1, 0.15) is 0 Å². The summed E-state index contributed by atoms with van der Waals surface area (Å²) in [5, 5.41) is 13.2. The average Bonchev–Trinajstić information content (AvgIpc) is 3.06. The number of esters is 1. The number of rotatable bonds is 6. The van der Waals surface area contributed by atoms with E-state index in [2.05, 4.69) is 10.3 Å². The van der Waals surface area contributed by atoms with Crippen molar-refractivity contribution in [3.8, 4) is 5.69 Å². The standard InChI is InChI=1S/C20H18N4O6/c1-12-11-21-20(27)23(12)16-7-3-14(4-8-16)19(26)30-13(2)18(25)22-15-5-9-17(10-6-15)24(28)29/h3-11,13H,1-2H3,(H,21,27)(H,22,25). The van der Waals surface area contributed by atoms with Crippen LogP contribution in [0.15, 0.2) is 59.5 Å². The molecule has 0 fully saturated rings. The molecule has 30 heavy (non-hydrogen) atoms. The van der Waals surface area contributed by atoms with Crippen molar-refractivity contribution >= 4 is 23.3 Å². The number of nitrogens with one attached hydrogen (secondary N) is 2. The number of carbonyl (C=O) groups is 2. The maximum atomic E-state index is 12.3. The molecule has 0 aliphatic heterocycles. The summed E-state index contributed by atoms with van der Waals surface area (Å²) in [6, 6.07) is 11.5. The van der Waals surface area contributed by atoms with E-state index < -0.39 is 22.9 Å². The first-order chi connectivity index (χ1) is 14.3. The summed E-state index contributed by atoms with van der Waals surface area (Å²) >= 11 is 0. The van der Waals surface area contributed by atoms with Gasteiger partial charge in [-0.1, -0.05) is 0 Å². The fourth-order valence-electron chi connectivity index (χ4n) is 2.72. The van der Waals surface area contributed by atoms with Gasteiger partial charge in [0.25, 0.3) is 11.6 Å². The van der Waals surface area contributed by atoms with Gasteiger partial charge >= 0.3 is 11.7 Å². The van der Waals surface area contributed by atoms with Gasteiger partial charge in [-0.2, -0.15) is 0 Å². The Labute approximate surface area is 170 Å². The van der Waals surface area contributed by atoms with Gasteiger partial charge in [0, 0.05) is 29.7 Å². The van der Waals surface area contributed by atoms with Crippen LogP contribution in [-0.4, -0.2) is 32.5 Å². The van der Waals surface area contributed by atoms with Gasteiger partial charge in [0.05, 0.1) is 16.2 Å². The van der Waals surface area contributed by atoms with Crippen LogP contribution in [0.3, 0.4) is 0 Å². The predicted molar refractivity (Wildman–Crippen MR) is 108 cm³/mol. The summed E-state index contributed by atoms with van der Waals surface area (Å²) in [5.74, 6) is -1.28. The zero-order valence-corrected chi connectivity index (χ0v) is 16.1. The highest BCUT2D eigenvalue weighted by atomic mass is 16.6. The highest BCUT2D eigenvalue weighted by molar-refractivity contribution is 5.97. The molecule has 10 nitrogen and oxygen atoms in total. The van der Waals surface area contributed by atoms with Gasteiger partial charge in [-0.05, 0) is 50.2 Å². The van der Waals surface area contributed by atoms with Crippen LogP contribution in [0.1, 0.15) is 23.0 Å². The van der Waals surface area contributed by atoms with E-state index in [0.717, 1.165) is 0 Å². The first-order valence-corrected chi connectivity index (χ1v) is 8.90. The average molecular weight is 410 g/mol. The molecule has 1 atom stereocenters. The van der Waals surface area contributed by atoms with E-state index in [1.807, 2.05) is 0 Å². The Hall–Kier alpha value is -4.21. The molecule has 0 spiro atoms. The molecule has 0 saturated heterocycles. The molecule has 0 radical (unpaired) electrons. The van der Waals surface area contributed by atoms with Crippen LogP contribution in [-0.2, 0) is 9.53 Å². The van der Waals surface area contributed by atoms with E-state index in [0.29, 0.717) is 17.1 Å². The number of hydrogen-bond acceptors (Lipinski definition) is 6. The molecule has 0 saturated carbocycles. The Morgan fingerprint density at radius 1 is 1.13 bits per heavy atom. The number of ether oxygens (including phenoxy) is 1. The predicted octanol–water partition coefficient (Wildman–Crippen LogP) is 2.57. The fourth-order valence-corrected chi connectivity index (χ4v) is 2.72. The second-order valence-electron chi connectivity index (χ2n) is 6.46. The third-order valence-corrected chi connectivity index (χ3v) is 4.32. The van der Waals surface area contributed by atoms with Gasteiger partial charge in [-0.15, -0.1) is 0 Å². The van der Waals surface area contributed by atoms with Crippen LogP contribution in [0.5, 0.6) is 0 Å². The molecule has 3 aromatic rings.